The van der Waals surface area contributed by atoms with Gasteiger partial charge >= 0.3 is 0 Å². The van der Waals surface area contributed by atoms with Crippen LogP contribution in [-0.4, -0.2) is 13.4 Å². The third kappa shape index (κ3) is 3.12. The van der Waals surface area contributed by atoms with Gasteiger partial charge in [-0.2, -0.15) is 0 Å². The third-order valence-corrected chi connectivity index (χ3v) is 4.36. The maximum absolute atomic E-state index is 13.3. The molecule has 0 saturated heterocycles. The zero-order chi connectivity index (χ0) is 14.8. The van der Waals surface area contributed by atoms with Crippen LogP contribution in [0.4, 0.5) is 10.1 Å². The maximum atomic E-state index is 13.3. The van der Waals surface area contributed by atoms with Crippen LogP contribution in [0.3, 0.4) is 0 Å². The number of benzene rings is 1. The highest BCUT2D eigenvalue weighted by atomic mass is 32.2. The minimum atomic E-state index is -3.81. The van der Waals surface area contributed by atoms with Crippen molar-refractivity contribution < 1.29 is 12.8 Å². The molecule has 1 aromatic heterocycles. The predicted molar refractivity (Wildman–Crippen MR) is 73.8 cm³/mol. The molecule has 1 heterocycles. The molecular formula is C13H14FN3O2S. The summed E-state index contributed by atoms with van der Waals surface area (Å²) in [5.41, 5.74) is 6.00. The minimum Gasteiger partial charge on any atom is -0.396 e. The summed E-state index contributed by atoms with van der Waals surface area (Å²) < 4.78 is 40.1. The number of pyridine rings is 1. The molecule has 2 rings (SSSR count). The minimum absolute atomic E-state index is 0.0915. The number of hydrogen-bond donors (Lipinski definition) is 2. The van der Waals surface area contributed by atoms with Crippen molar-refractivity contribution in [3.05, 3.63) is 54.1 Å². The first kappa shape index (κ1) is 14.4. The largest absolute Gasteiger partial charge is 0.396 e. The van der Waals surface area contributed by atoms with Crippen molar-refractivity contribution in [1.29, 1.82) is 0 Å². The highest BCUT2D eigenvalue weighted by molar-refractivity contribution is 7.89. The lowest BCUT2D eigenvalue weighted by atomic mass is 10.1. The summed E-state index contributed by atoms with van der Waals surface area (Å²) in [5.74, 6) is -0.760. The predicted octanol–water partition coefficient (Wildman–Crippen LogP) is 1.84. The van der Waals surface area contributed by atoms with E-state index in [9.17, 15) is 12.8 Å². The molecule has 2 aromatic rings. The van der Waals surface area contributed by atoms with Gasteiger partial charge in [-0.05, 0) is 42.8 Å². The molecule has 0 fully saturated rings. The molecule has 0 radical (unpaired) electrons. The molecule has 0 aliphatic rings. The van der Waals surface area contributed by atoms with Crippen molar-refractivity contribution in [1.82, 2.24) is 9.71 Å². The zero-order valence-electron chi connectivity index (χ0n) is 10.7. The van der Waals surface area contributed by atoms with Gasteiger partial charge in [-0.15, -0.1) is 0 Å². The fourth-order valence-corrected chi connectivity index (χ4v) is 2.94. The summed E-state index contributed by atoms with van der Waals surface area (Å²) in [4.78, 5) is 3.70. The fraction of sp³-hybridized carbons (Fsp3) is 0.154. The van der Waals surface area contributed by atoms with E-state index in [0.717, 1.165) is 11.6 Å². The highest BCUT2D eigenvalue weighted by Gasteiger charge is 2.19. The van der Waals surface area contributed by atoms with Gasteiger partial charge in [0.25, 0.3) is 0 Å². The van der Waals surface area contributed by atoms with Crippen LogP contribution in [0, 0.1) is 5.82 Å². The van der Waals surface area contributed by atoms with Crippen LogP contribution in [0.25, 0.3) is 0 Å². The molecule has 0 spiro atoms. The Balaban J connectivity index is 2.25. The Morgan fingerprint density at radius 1 is 1.25 bits per heavy atom. The first-order chi connectivity index (χ1) is 9.40. The van der Waals surface area contributed by atoms with Gasteiger partial charge in [-0.3, -0.25) is 4.98 Å². The number of hydrogen-bond acceptors (Lipinski definition) is 4. The Bertz CT molecular complexity index is 705. The van der Waals surface area contributed by atoms with Gasteiger partial charge in [0, 0.05) is 18.4 Å². The first-order valence-corrected chi connectivity index (χ1v) is 7.36. The second-order valence-electron chi connectivity index (χ2n) is 4.31. The van der Waals surface area contributed by atoms with Crippen LogP contribution >= 0.6 is 0 Å². The molecule has 0 aliphatic heterocycles. The quantitative estimate of drug-likeness (QED) is 0.843. The molecule has 5 nitrogen and oxygen atoms in total. The number of nitrogens with one attached hydrogen (secondary N) is 1. The van der Waals surface area contributed by atoms with Crippen LogP contribution in [-0.2, 0) is 10.0 Å². The van der Waals surface area contributed by atoms with Crippen molar-refractivity contribution in [2.75, 3.05) is 5.73 Å². The Morgan fingerprint density at radius 2 is 1.90 bits per heavy atom. The number of nitrogens with zero attached hydrogens (tertiary/aromatic N) is 1. The Morgan fingerprint density at radius 3 is 2.50 bits per heavy atom. The van der Waals surface area contributed by atoms with Gasteiger partial charge < -0.3 is 5.73 Å². The van der Waals surface area contributed by atoms with E-state index in [2.05, 4.69) is 9.71 Å². The average Bonchev–Trinajstić information content (AvgIpc) is 2.42. The van der Waals surface area contributed by atoms with E-state index < -0.39 is 21.9 Å². The topological polar surface area (TPSA) is 85.1 Å². The van der Waals surface area contributed by atoms with Crippen molar-refractivity contribution in [2.24, 2.45) is 0 Å². The lowest BCUT2D eigenvalue weighted by Gasteiger charge is -2.14. The monoisotopic (exact) mass is 295 g/mol. The zero-order valence-corrected chi connectivity index (χ0v) is 11.6. The van der Waals surface area contributed by atoms with Gasteiger partial charge in [0.2, 0.25) is 10.0 Å². The number of halogens is 1. The standard InChI is InChI=1S/C13H14FN3O2S/c1-9(10-4-6-16-7-5-10)17-20(18,19)11-2-3-13(15)12(14)8-11/h2-9,17H,15H2,1H3. The van der Waals surface area contributed by atoms with Gasteiger partial charge in [0.15, 0.2) is 0 Å². The molecule has 1 aromatic carbocycles. The van der Waals surface area contributed by atoms with Crippen LogP contribution in [0.15, 0.2) is 47.6 Å². The number of rotatable bonds is 4. The van der Waals surface area contributed by atoms with E-state index >= 15 is 0 Å². The van der Waals surface area contributed by atoms with Crippen molar-refractivity contribution in [2.45, 2.75) is 17.9 Å². The second-order valence-corrected chi connectivity index (χ2v) is 6.02. The molecule has 106 valence electrons. The first-order valence-electron chi connectivity index (χ1n) is 5.87. The second kappa shape index (κ2) is 5.56. The molecule has 1 unspecified atom stereocenters. The van der Waals surface area contributed by atoms with E-state index in [0.29, 0.717) is 0 Å². The summed E-state index contributed by atoms with van der Waals surface area (Å²) in [7, 11) is -3.81. The number of aromatic nitrogens is 1. The summed E-state index contributed by atoms with van der Waals surface area (Å²) in [6.07, 6.45) is 3.14. The lowest BCUT2D eigenvalue weighted by molar-refractivity contribution is 0.564. The Labute approximate surface area is 116 Å². The van der Waals surface area contributed by atoms with E-state index in [-0.39, 0.29) is 10.6 Å². The van der Waals surface area contributed by atoms with Gasteiger partial charge in [-0.1, -0.05) is 0 Å². The summed E-state index contributed by atoms with van der Waals surface area (Å²) in [6.45, 7) is 1.69. The smallest absolute Gasteiger partial charge is 0.241 e. The molecule has 0 bridgehead atoms. The van der Waals surface area contributed by atoms with E-state index in [1.165, 1.54) is 12.1 Å². The van der Waals surface area contributed by atoms with Gasteiger partial charge in [0.1, 0.15) is 5.82 Å². The molecule has 0 saturated carbocycles. The fourth-order valence-electron chi connectivity index (χ4n) is 1.70. The van der Waals surface area contributed by atoms with Crippen molar-refractivity contribution >= 4 is 15.7 Å². The van der Waals surface area contributed by atoms with Crippen LogP contribution in [0.5, 0.6) is 0 Å². The van der Waals surface area contributed by atoms with Gasteiger partial charge in [0.05, 0.1) is 10.6 Å². The van der Waals surface area contributed by atoms with Crippen molar-refractivity contribution in [3.63, 3.8) is 0 Å². The third-order valence-electron chi connectivity index (χ3n) is 2.82. The number of nitrogens with two attached hydrogens (primary N) is 1. The normalized spacial score (nSPS) is 13.1. The van der Waals surface area contributed by atoms with Crippen LogP contribution < -0.4 is 10.5 Å². The van der Waals surface area contributed by atoms with Gasteiger partial charge in [-0.25, -0.2) is 17.5 Å². The molecule has 0 aliphatic carbocycles. The summed E-state index contributed by atoms with van der Waals surface area (Å²) >= 11 is 0. The lowest BCUT2D eigenvalue weighted by Crippen LogP contribution is -2.27. The molecule has 20 heavy (non-hydrogen) atoms. The van der Waals surface area contributed by atoms with Crippen LogP contribution in [0.2, 0.25) is 0 Å². The van der Waals surface area contributed by atoms with E-state index in [1.807, 2.05) is 0 Å². The van der Waals surface area contributed by atoms with Crippen molar-refractivity contribution in [3.8, 4) is 0 Å². The summed E-state index contributed by atoms with van der Waals surface area (Å²) in [6, 6.07) is 6.34. The summed E-state index contributed by atoms with van der Waals surface area (Å²) in [5, 5.41) is 0. The average molecular weight is 295 g/mol. The SMILES string of the molecule is CC(NS(=O)(=O)c1ccc(N)c(F)c1)c1ccncc1. The molecular weight excluding hydrogens is 281 g/mol. The Kier molecular flexibility index (Phi) is 4.01. The number of nitrogen functional groups attached to an aromatic ring is 1. The molecule has 1 atom stereocenters. The van der Waals surface area contributed by atoms with Crippen LogP contribution in [0.1, 0.15) is 18.5 Å². The van der Waals surface area contributed by atoms with E-state index in [4.69, 9.17) is 5.73 Å². The number of anilines is 1. The molecule has 3 N–H and O–H groups in total. The highest BCUT2D eigenvalue weighted by Crippen LogP contribution is 2.19. The molecule has 0 amide bonds. The Hall–Kier alpha value is -1.99. The number of sulfonamides is 1. The maximum Gasteiger partial charge on any atom is 0.241 e. The van der Waals surface area contributed by atoms with E-state index in [1.54, 1.807) is 31.5 Å². The molecule has 7 heteroatoms.